The number of hydrogen-bond donors (Lipinski definition) is 0. The van der Waals surface area contributed by atoms with Gasteiger partial charge < -0.3 is 9.47 Å². The number of nitrogens with zero attached hydrogens (tertiary/aromatic N) is 2. The summed E-state index contributed by atoms with van der Waals surface area (Å²) < 4.78 is 11.0. The Kier molecular flexibility index (Phi) is 5.51. The van der Waals surface area contributed by atoms with Crippen LogP contribution in [0.4, 0.5) is 0 Å². The molecule has 0 spiro atoms. The Morgan fingerprint density at radius 2 is 2.05 bits per heavy atom. The van der Waals surface area contributed by atoms with Crippen molar-refractivity contribution >= 4 is 11.6 Å². The van der Waals surface area contributed by atoms with Crippen molar-refractivity contribution in [3.8, 4) is 17.6 Å². The average molecular weight is 295 g/mol. The van der Waals surface area contributed by atoms with Gasteiger partial charge in [0.05, 0.1) is 23.8 Å². The highest BCUT2D eigenvalue weighted by Crippen LogP contribution is 2.36. The lowest BCUT2D eigenvalue weighted by Crippen LogP contribution is -2.33. The van der Waals surface area contributed by atoms with Crippen molar-refractivity contribution in [2.45, 2.75) is 19.3 Å². The molecule has 0 amide bonds. The van der Waals surface area contributed by atoms with Gasteiger partial charge in [0.25, 0.3) is 0 Å². The number of piperidine rings is 1. The second-order valence-electron chi connectivity index (χ2n) is 4.85. The molecule has 0 saturated carbocycles. The Morgan fingerprint density at radius 1 is 1.30 bits per heavy atom. The summed E-state index contributed by atoms with van der Waals surface area (Å²) in [5.41, 5.74) is 0.468. The molecule has 1 aromatic rings. The fourth-order valence-electron chi connectivity index (χ4n) is 2.38. The summed E-state index contributed by atoms with van der Waals surface area (Å²) in [5.74, 6) is 1.03. The molecule has 20 heavy (non-hydrogen) atoms. The maximum absolute atomic E-state index is 8.91. The fourth-order valence-corrected chi connectivity index (χ4v) is 2.65. The van der Waals surface area contributed by atoms with Crippen molar-refractivity contribution < 1.29 is 9.47 Å². The Hall–Kier alpha value is -1.44. The first-order valence-electron chi connectivity index (χ1n) is 6.87. The van der Waals surface area contributed by atoms with Gasteiger partial charge in [-0.15, -0.1) is 0 Å². The largest absolute Gasteiger partial charge is 0.493 e. The van der Waals surface area contributed by atoms with Gasteiger partial charge in [0.1, 0.15) is 6.61 Å². The number of likely N-dealkylation sites (tertiary alicyclic amines) is 1. The van der Waals surface area contributed by atoms with Crippen molar-refractivity contribution in [1.29, 1.82) is 5.26 Å². The van der Waals surface area contributed by atoms with Crippen molar-refractivity contribution in [3.05, 3.63) is 22.7 Å². The van der Waals surface area contributed by atoms with Crippen molar-refractivity contribution in [3.63, 3.8) is 0 Å². The maximum atomic E-state index is 8.91. The monoisotopic (exact) mass is 294 g/mol. The standard InChI is InChI=1S/C15H19ClN2O2/c1-19-14-10-12(11-17)9-13(16)15(14)20-8-7-18-5-3-2-4-6-18/h9-10H,2-8H2,1H3. The molecular formula is C15H19ClN2O2. The Bertz CT molecular complexity index is 493. The lowest BCUT2D eigenvalue weighted by atomic mass is 10.1. The first kappa shape index (κ1) is 15.0. The van der Waals surface area contributed by atoms with Crippen LogP contribution in [0.5, 0.6) is 11.5 Å². The second kappa shape index (κ2) is 7.37. The molecule has 0 atom stereocenters. The molecule has 1 saturated heterocycles. The molecular weight excluding hydrogens is 276 g/mol. The number of halogens is 1. The third-order valence-corrected chi connectivity index (χ3v) is 3.74. The molecule has 1 fully saturated rings. The summed E-state index contributed by atoms with van der Waals surface area (Å²) in [6, 6.07) is 5.29. The minimum atomic E-state index is 0.416. The van der Waals surface area contributed by atoms with Crippen molar-refractivity contribution in [1.82, 2.24) is 4.90 Å². The van der Waals surface area contributed by atoms with Gasteiger partial charge in [-0.25, -0.2) is 0 Å². The number of benzene rings is 1. The molecule has 0 unspecified atom stereocenters. The van der Waals surface area contributed by atoms with E-state index in [9.17, 15) is 0 Å². The van der Waals surface area contributed by atoms with Gasteiger partial charge in [0, 0.05) is 12.6 Å². The number of rotatable bonds is 5. The average Bonchev–Trinajstić information content (AvgIpc) is 2.49. The lowest BCUT2D eigenvalue weighted by molar-refractivity contribution is 0.180. The second-order valence-corrected chi connectivity index (χ2v) is 5.26. The van der Waals surface area contributed by atoms with Crippen LogP contribution < -0.4 is 9.47 Å². The third kappa shape index (κ3) is 3.78. The molecule has 1 aliphatic heterocycles. The molecule has 4 nitrogen and oxygen atoms in total. The predicted molar refractivity (Wildman–Crippen MR) is 78.5 cm³/mol. The Labute approximate surface area is 124 Å². The van der Waals surface area contributed by atoms with Crippen LogP contribution in [0, 0.1) is 11.3 Å². The van der Waals surface area contributed by atoms with Gasteiger partial charge >= 0.3 is 0 Å². The molecule has 0 radical (unpaired) electrons. The Balaban J connectivity index is 1.96. The van der Waals surface area contributed by atoms with Crippen LogP contribution in [-0.2, 0) is 0 Å². The van der Waals surface area contributed by atoms with E-state index >= 15 is 0 Å². The SMILES string of the molecule is COc1cc(C#N)cc(Cl)c1OCCN1CCCCC1. The first-order valence-corrected chi connectivity index (χ1v) is 7.25. The van der Waals surface area contributed by atoms with E-state index in [1.807, 2.05) is 6.07 Å². The van der Waals surface area contributed by atoms with Crippen LogP contribution in [0.1, 0.15) is 24.8 Å². The molecule has 5 heteroatoms. The fraction of sp³-hybridized carbons (Fsp3) is 0.533. The van der Waals surface area contributed by atoms with Crippen LogP contribution >= 0.6 is 11.6 Å². The van der Waals surface area contributed by atoms with Gasteiger partial charge in [-0.1, -0.05) is 18.0 Å². The summed E-state index contributed by atoms with van der Waals surface area (Å²) in [6.45, 7) is 3.74. The van der Waals surface area contributed by atoms with E-state index in [1.165, 1.54) is 19.3 Å². The summed E-state index contributed by atoms with van der Waals surface area (Å²) in [7, 11) is 1.55. The summed E-state index contributed by atoms with van der Waals surface area (Å²) in [5, 5.41) is 9.32. The van der Waals surface area contributed by atoms with Crippen LogP contribution in [0.3, 0.4) is 0 Å². The molecule has 0 bridgehead atoms. The number of nitriles is 1. The minimum absolute atomic E-state index is 0.416. The lowest BCUT2D eigenvalue weighted by Gasteiger charge is -2.26. The number of hydrogen-bond acceptors (Lipinski definition) is 4. The zero-order valence-corrected chi connectivity index (χ0v) is 12.4. The van der Waals surface area contributed by atoms with E-state index in [-0.39, 0.29) is 0 Å². The highest BCUT2D eigenvalue weighted by atomic mass is 35.5. The van der Waals surface area contributed by atoms with E-state index < -0.39 is 0 Å². The van der Waals surface area contributed by atoms with Crippen LogP contribution in [0.25, 0.3) is 0 Å². The van der Waals surface area contributed by atoms with Gasteiger partial charge in [-0.3, -0.25) is 4.90 Å². The van der Waals surface area contributed by atoms with Crippen LogP contribution in [-0.4, -0.2) is 38.3 Å². The molecule has 1 aliphatic rings. The van der Waals surface area contributed by atoms with E-state index in [1.54, 1.807) is 19.2 Å². The van der Waals surface area contributed by atoms with E-state index in [0.29, 0.717) is 28.7 Å². The first-order chi connectivity index (χ1) is 9.74. The minimum Gasteiger partial charge on any atom is -0.493 e. The maximum Gasteiger partial charge on any atom is 0.179 e. The zero-order chi connectivity index (χ0) is 14.4. The van der Waals surface area contributed by atoms with Crippen molar-refractivity contribution in [2.24, 2.45) is 0 Å². The summed E-state index contributed by atoms with van der Waals surface area (Å²) in [6.07, 6.45) is 3.86. The third-order valence-electron chi connectivity index (χ3n) is 3.46. The van der Waals surface area contributed by atoms with Gasteiger partial charge in [-0.2, -0.15) is 5.26 Å². The summed E-state index contributed by atoms with van der Waals surface area (Å²) in [4.78, 5) is 2.40. The van der Waals surface area contributed by atoms with Crippen molar-refractivity contribution in [2.75, 3.05) is 33.4 Å². The summed E-state index contributed by atoms with van der Waals surface area (Å²) >= 11 is 6.14. The topological polar surface area (TPSA) is 45.5 Å². The molecule has 108 valence electrons. The smallest absolute Gasteiger partial charge is 0.179 e. The van der Waals surface area contributed by atoms with Gasteiger partial charge in [0.2, 0.25) is 0 Å². The van der Waals surface area contributed by atoms with Gasteiger partial charge in [-0.05, 0) is 32.0 Å². The number of ether oxygens (including phenoxy) is 2. The Morgan fingerprint density at radius 3 is 2.70 bits per heavy atom. The molecule has 1 aromatic carbocycles. The van der Waals surface area contributed by atoms with E-state index in [2.05, 4.69) is 4.90 Å². The predicted octanol–water partition coefficient (Wildman–Crippen LogP) is 3.08. The van der Waals surface area contributed by atoms with Crippen LogP contribution in [0.15, 0.2) is 12.1 Å². The quantitative estimate of drug-likeness (QED) is 0.837. The van der Waals surface area contributed by atoms with E-state index in [4.69, 9.17) is 26.3 Å². The molecule has 2 rings (SSSR count). The van der Waals surface area contributed by atoms with Crippen LogP contribution in [0.2, 0.25) is 5.02 Å². The highest BCUT2D eigenvalue weighted by molar-refractivity contribution is 6.32. The molecule has 0 aromatic heterocycles. The van der Waals surface area contributed by atoms with E-state index in [0.717, 1.165) is 19.6 Å². The highest BCUT2D eigenvalue weighted by Gasteiger charge is 2.14. The normalized spacial score (nSPS) is 15.7. The zero-order valence-electron chi connectivity index (χ0n) is 11.7. The molecule has 0 N–H and O–H groups in total. The molecule has 0 aliphatic carbocycles. The number of methoxy groups -OCH3 is 1. The molecule has 1 heterocycles. The van der Waals surface area contributed by atoms with Gasteiger partial charge in [0.15, 0.2) is 11.5 Å².